The van der Waals surface area contributed by atoms with Crippen molar-refractivity contribution in [1.82, 2.24) is 4.90 Å². The van der Waals surface area contributed by atoms with Gasteiger partial charge in [0.15, 0.2) is 11.5 Å². The number of hydrogen-bond acceptors (Lipinski definition) is 3. The topological polar surface area (TPSA) is 50.8 Å². The summed E-state index contributed by atoms with van der Waals surface area (Å²) in [5, 5.41) is 2.96. The van der Waals surface area contributed by atoms with Crippen molar-refractivity contribution in [3.05, 3.63) is 18.2 Å². The van der Waals surface area contributed by atoms with Crippen molar-refractivity contribution in [2.75, 3.05) is 18.7 Å². The molecule has 1 N–H and O–H groups in total. The summed E-state index contributed by atoms with van der Waals surface area (Å²) in [6, 6.07) is 5.82. The standard InChI is InChI=1S/C15H20N2O3/c1-2-12-5-3-4-8-17(12)15(18)16-11-6-7-13-14(9-11)20-10-19-13/h6-7,9,12H,2-5,8,10H2,1H3,(H,16,18)/t12-/m0/s1. The maximum absolute atomic E-state index is 12.4. The molecule has 0 aliphatic carbocycles. The Balaban J connectivity index is 1.69. The van der Waals surface area contributed by atoms with Gasteiger partial charge in [-0.25, -0.2) is 4.79 Å². The lowest BCUT2D eigenvalue weighted by Gasteiger charge is -2.35. The van der Waals surface area contributed by atoms with Crippen LogP contribution in [0.4, 0.5) is 10.5 Å². The molecule has 1 saturated heterocycles. The monoisotopic (exact) mass is 276 g/mol. The predicted molar refractivity (Wildman–Crippen MR) is 76.2 cm³/mol. The number of carbonyl (C=O) groups is 1. The van der Waals surface area contributed by atoms with Crippen molar-refractivity contribution in [3.63, 3.8) is 0 Å². The number of likely N-dealkylation sites (tertiary alicyclic amines) is 1. The molecule has 1 aromatic rings. The Kier molecular flexibility index (Phi) is 3.67. The van der Waals surface area contributed by atoms with Crippen molar-refractivity contribution in [1.29, 1.82) is 0 Å². The number of amides is 2. The first kappa shape index (κ1) is 13.1. The van der Waals surface area contributed by atoms with Crippen LogP contribution in [0.2, 0.25) is 0 Å². The number of nitrogens with one attached hydrogen (secondary N) is 1. The lowest BCUT2D eigenvalue weighted by Crippen LogP contribution is -2.45. The fourth-order valence-corrected chi connectivity index (χ4v) is 2.86. The number of anilines is 1. The maximum atomic E-state index is 12.4. The van der Waals surface area contributed by atoms with Gasteiger partial charge in [-0.2, -0.15) is 0 Å². The second kappa shape index (κ2) is 5.61. The third-order valence-electron chi connectivity index (χ3n) is 3.98. The lowest BCUT2D eigenvalue weighted by atomic mass is 10.0. The van der Waals surface area contributed by atoms with Gasteiger partial charge < -0.3 is 19.7 Å². The molecule has 2 aliphatic rings. The van der Waals surface area contributed by atoms with Crippen LogP contribution in [0.1, 0.15) is 32.6 Å². The van der Waals surface area contributed by atoms with Crippen LogP contribution in [0.3, 0.4) is 0 Å². The molecule has 1 atom stereocenters. The van der Waals surface area contributed by atoms with E-state index < -0.39 is 0 Å². The van der Waals surface area contributed by atoms with E-state index in [1.54, 1.807) is 0 Å². The second-order valence-corrected chi connectivity index (χ2v) is 5.25. The van der Waals surface area contributed by atoms with Gasteiger partial charge in [-0.3, -0.25) is 0 Å². The zero-order chi connectivity index (χ0) is 13.9. The molecule has 5 heteroatoms. The summed E-state index contributed by atoms with van der Waals surface area (Å²) in [5.41, 5.74) is 0.750. The van der Waals surface area contributed by atoms with Crippen LogP contribution < -0.4 is 14.8 Å². The van der Waals surface area contributed by atoms with E-state index in [1.807, 2.05) is 23.1 Å². The van der Waals surface area contributed by atoms with E-state index >= 15 is 0 Å². The predicted octanol–water partition coefficient (Wildman–Crippen LogP) is 3.21. The number of fused-ring (bicyclic) bond motifs is 1. The van der Waals surface area contributed by atoms with Crippen molar-refractivity contribution < 1.29 is 14.3 Å². The van der Waals surface area contributed by atoms with Gasteiger partial charge in [0.05, 0.1) is 0 Å². The van der Waals surface area contributed by atoms with Crippen molar-refractivity contribution in [2.45, 2.75) is 38.6 Å². The first-order valence-corrected chi connectivity index (χ1v) is 7.25. The third-order valence-corrected chi connectivity index (χ3v) is 3.98. The highest BCUT2D eigenvalue weighted by Gasteiger charge is 2.25. The number of ether oxygens (including phenoxy) is 2. The number of benzene rings is 1. The number of nitrogens with zero attached hydrogens (tertiary/aromatic N) is 1. The van der Waals surface area contributed by atoms with Gasteiger partial charge in [-0.1, -0.05) is 6.92 Å². The fourth-order valence-electron chi connectivity index (χ4n) is 2.86. The quantitative estimate of drug-likeness (QED) is 0.902. The van der Waals surface area contributed by atoms with Crippen LogP contribution in [0.15, 0.2) is 18.2 Å². The van der Waals surface area contributed by atoms with Crippen molar-refractivity contribution >= 4 is 11.7 Å². The van der Waals surface area contributed by atoms with Gasteiger partial charge in [0.25, 0.3) is 0 Å². The Hall–Kier alpha value is -1.91. The minimum atomic E-state index is -0.0181. The Morgan fingerprint density at radius 2 is 2.20 bits per heavy atom. The van der Waals surface area contributed by atoms with Crippen molar-refractivity contribution in [3.8, 4) is 11.5 Å². The molecule has 1 aromatic carbocycles. The van der Waals surface area contributed by atoms with E-state index in [-0.39, 0.29) is 12.8 Å². The molecule has 0 aromatic heterocycles. The van der Waals surface area contributed by atoms with Crippen LogP contribution in [-0.2, 0) is 0 Å². The largest absolute Gasteiger partial charge is 0.454 e. The fraction of sp³-hybridized carbons (Fsp3) is 0.533. The summed E-state index contributed by atoms with van der Waals surface area (Å²) < 4.78 is 10.6. The van der Waals surface area contributed by atoms with Crippen LogP contribution in [0, 0.1) is 0 Å². The highest BCUT2D eigenvalue weighted by atomic mass is 16.7. The smallest absolute Gasteiger partial charge is 0.322 e. The molecule has 1 fully saturated rings. The molecule has 2 amide bonds. The van der Waals surface area contributed by atoms with Crippen LogP contribution in [-0.4, -0.2) is 30.3 Å². The van der Waals surface area contributed by atoms with E-state index in [0.717, 1.165) is 37.2 Å². The first-order valence-electron chi connectivity index (χ1n) is 7.25. The molecular weight excluding hydrogens is 256 g/mol. The zero-order valence-electron chi connectivity index (χ0n) is 11.7. The molecule has 108 valence electrons. The molecule has 2 aliphatic heterocycles. The average Bonchev–Trinajstić information content (AvgIpc) is 2.94. The summed E-state index contributed by atoms with van der Waals surface area (Å²) >= 11 is 0. The van der Waals surface area contributed by atoms with E-state index in [1.165, 1.54) is 6.42 Å². The number of piperidine rings is 1. The summed E-state index contributed by atoms with van der Waals surface area (Å²) in [5.74, 6) is 1.42. The van der Waals surface area contributed by atoms with Crippen LogP contribution in [0.5, 0.6) is 11.5 Å². The van der Waals surface area contributed by atoms with Gasteiger partial charge in [-0.05, 0) is 37.8 Å². The molecule has 0 unspecified atom stereocenters. The molecule has 5 nitrogen and oxygen atoms in total. The number of carbonyl (C=O) groups excluding carboxylic acids is 1. The Labute approximate surface area is 118 Å². The zero-order valence-corrected chi connectivity index (χ0v) is 11.7. The molecule has 2 heterocycles. The summed E-state index contributed by atoms with van der Waals surface area (Å²) in [4.78, 5) is 14.3. The number of rotatable bonds is 2. The van der Waals surface area contributed by atoms with Crippen molar-refractivity contribution in [2.24, 2.45) is 0 Å². The molecular formula is C15H20N2O3. The van der Waals surface area contributed by atoms with E-state index in [9.17, 15) is 4.79 Å². The molecule has 0 radical (unpaired) electrons. The molecule has 3 rings (SSSR count). The Morgan fingerprint density at radius 3 is 3.05 bits per heavy atom. The van der Waals surface area contributed by atoms with Crippen LogP contribution in [0.25, 0.3) is 0 Å². The van der Waals surface area contributed by atoms with Gasteiger partial charge in [0.2, 0.25) is 6.79 Å². The molecule has 0 bridgehead atoms. The summed E-state index contributed by atoms with van der Waals surface area (Å²) in [6.07, 6.45) is 4.41. The van der Waals surface area contributed by atoms with E-state index in [4.69, 9.17) is 9.47 Å². The maximum Gasteiger partial charge on any atom is 0.322 e. The first-order chi connectivity index (χ1) is 9.78. The number of urea groups is 1. The Morgan fingerprint density at radius 1 is 1.35 bits per heavy atom. The SMILES string of the molecule is CC[C@H]1CCCCN1C(=O)Nc1ccc2c(c1)OCO2. The molecule has 0 spiro atoms. The Bertz CT molecular complexity index is 504. The second-order valence-electron chi connectivity index (χ2n) is 5.25. The highest BCUT2D eigenvalue weighted by Crippen LogP contribution is 2.34. The molecule has 20 heavy (non-hydrogen) atoms. The third kappa shape index (κ3) is 2.53. The van der Waals surface area contributed by atoms with Gasteiger partial charge in [0, 0.05) is 24.3 Å². The van der Waals surface area contributed by atoms with Gasteiger partial charge >= 0.3 is 6.03 Å². The van der Waals surface area contributed by atoms with Crippen LogP contribution >= 0.6 is 0 Å². The van der Waals surface area contributed by atoms with Gasteiger partial charge in [-0.15, -0.1) is 0 Å². The van der Waals surface area contributed by atoms with E-state index in [0.29, 0.717) is 11.8 Å². The van der Waals surface area contributed by atoms with Gasteiger partial charge in [0.1, 0.15) is 0 Å². The van der Waals surface area contributed by atoms with E-state index in [2.05, 4.69) is 12.2 Å². The normalized spacial score (nSPS) is 20.9. The average molecular weight is 276 g/mol. The molecule has 0 saturated carbocycles. The lowest BCUT2D eigenvalue weighted by molar-refractivity contribution is 0.160. The minimum Gasteiger partial charge on any atom is -0.454 e. The highest BCUT2D eigenvalue weighted by molar-refractivity contribution is 5.90. The number of hydrogen-bond donors (Lipinski definition) is 1. The summed E-state index contributed by atoms with van der Waals surface area (Å²) in [6.45, 7) is 3.22. The minimum absolute atomic E-state index is 0.0181. The summed E-state index contributed by atoms with van der Waals surface area (Å²) in [7, 11) is 0.